The molecule has 1 aliphatic rings. The van der Waals surface area contributed by atoms with Crippen LogP contribution in [-0.2, 0) is 0 Å². The Labute approximate surface area is 139 Å². The molecule has 1 fully saturated rings. The molecule has 0 amide bonds. The van der Waals surface area contributed by atoms with E-state index in [4.69, 9.17) is 16.3 Å². The van der Waals surface area contributed by atoms with Crippen LogP contribution in [0, 0.1) is 5.41 Å². The van der Waals surface area contributed by atoms with Crippen LogP contribution in [0.5, 0.6) is 5.75 Å². The molecule has 1 N–H and O–H groups in total. The summed E-state index contributed by atoms with van der Waals surface area (Å²) >= 11 is 11.7. The van der Waals surface area contributed by atoms with Gasteiger partial charge in [-0.05, 0) is 52.6 Å². The van der Waals surface area contributed by atoms with Gasteiger partial charge in [-0.25, -0.2) is 0 Å². The van der Waals surface area contributed by atoms with Crippen molar-refractivity contribution < 1.29 is 4.74 Å². The van der Waals surface area contributed by atoms with Gasteiger partial charge in [0.2, 0.25) is 0 Å². The number of thioether (sulfide) groups is 1. The molecule has 1 atom stereocenters. The van der Waals surface area contributed by atoms with Gasteiger partial charge in [0, 0.05) is 16.8 Å². The molecule has 0 bridgehead atoms. The van der Waals surface area contributed by atoms with Crippen molar-refractivity contribution in [1.82, 2.24) is 0 Å². The molecule has 1 saturated heterocycles. The number of benzene rings is 1. The molecule has 112 valence electrons. The normalized spacial score (nSPS) is 21.6. The van der Waals surface area contributed by atoms with E-state index in [0.29, 0.717) is 17.7 Å². The molecule has 1 aromatic carbocycles. The van der Waals surface area contributed by atoms with Crippen molar-refractivity contribution in [3.05, 3.63) is 21.6 Å². The molecule has 0 aliphatic carbocycles. The minimum absolute atomic E-state index is 0.281. The lowest BCUT2D eigenvalue weighted by atomic mass is 9.82. The summed E-state index contributed by atoms with van der Waals surface area (Å²) in [7, 11) is 0. The summed E-state index contributed by atoms with van der Waals surface area (Å²) in [6.45, 7) is 7.28. The zero-order chi connectivity index (χ0) is 14.8. The third-order valence-electron chi connectivity index (χ3n) is 3.75. The van der Waals surface area contributed by atoms with Crippen LogP contribution in [-0.4, -0.2) is 24.2 Å². The van der Waals surface area contributed by atoms with Crippen LogP contribution in [0.15, 0.2) is 16.6 Å². The third-order valence-corrected chi connectivity index (χ3v) is 5.61. The van der Waals surface area contributed by atoms with Crippen LogP contribution in [0.1, 0.15) is 27.2 Å². The molecule has 2 nitrogen and oxygen atoms in total. The third kappa shape index (κ3) is 3.77. The van der Waals surface area contributed by atoms with Crippen LogP contribution in [0.2, 0.25) is 5.02 Å². The molecule has 5 heteroatoms. The Morgan fingerprint density at radius 2 is 2.25 bits per heavy atom. The lowest BCUT2D eigenvalue weighted by Gasteiger charge is -2.39. The Kier molecular flexibility index (Phi) is 5.55. The van der Waals surface area contributed by atoms with Crippen LogP contribution in [0.3, 0.4) is 0 Å². The molecule has 2 rings (SSSR count). The standard InChI is InChI=1S/C15H21BrClNOS/c1-4-19-14-11(16)7-10(17)8-12(14)18-13-9-20-6-5-15(13,2)3/h7-8,13,18H,4-6,9H2,1-3H3. The van der Waals surface area contributed by atoms with Crippen LogP contribution < -0.4 is 10.1 Å². The van der Waals surface area contributed by atoms with Gasteiger partial charge in [-0.15, -0.1) is 0 Å². The first-order chi connectivity index (χ1) is 9.44. The highest BCUT2D eigenvalue weighted by atomic mass is 79.9. The fourth-order valence-corrected chi connectivity index (χ4v) is 4.85. The molecule has 0 aromatic heterocycles. The second kappa shape index (κ2) is 6.80. The van der Waals surface area contributed by atoms with E-state index in [1.54, 1.807) is 0 Å². The summed E-state index contributed by atoms with van der Waals surface area (Å²) in [4.78, 5) is 0. The SMILES string of the molecule is CCOc1c(Br)cc(Cl)cc1NC1CSCCC1(C)C. The van der Waals surface area contributed by atoms with E-state index in [-0.39, 0.29) is 5.41 Å². The molecule has 0 radical (unpaired) electrons. The van der Waals surface area contributed by atoms with Gasteiger partial charge >= 0.3 is 0 Å². The molecular formula is C15H21BrClNOS. The minimum atomic E-state index is 0.281. The number of rotatable bonds is 4. The van der Waals surface area contributed by atoms with E-state index < -0.39 is 0 Å². The van der Waals surface area contributed by atoms with Gasteiger partial charge in [-0.2, -0.15) is 11.8 Å². The summed E-state index contributed by atoms with van der Waals surface area (Å²) in [5.74, 6) is 3.20. The highest BCUT2D eigenvalue weighted by Gasteiger charge is 2.33. The van der Waals surface area contributed by atoms with E-state index in [9.17, 15) is 0 Å². The van der Waals surface area contributed by atoms with E-state index in [2.05, 4.69) is 35.1 Å². The number of hydrogen-bond acceptors (Lipinski definition) is 3. The molecular weight excluding hydrogens is 358 g/mol. The Morgan fingerprint density at radius 3 is 2.90 bits per heavy atom. The van der Waals surface area contributed by atoms with Crippen LogP contribution >= 0.6 is 39.3 Å². The second-order valence-electron chi connectivity index (χ2n) is 5.71. The quantitative estimate of drug-likeness (QED) is 0.753. The maximum absolute atomic E-state index is 6.18. The van der Waals surface area contributed by atoms with E-state index in [1.165, 1.54) is 12.2 Å². The lowest BCUT2D eigenvalue weighted by Crippen LogP contribution is -2.41. The number of nitrogens with one attached hydrogen (secondary N) is 1. The molecule has 1 heterocycles. The fraction of sp³-hybridized carbons (Fsp3) is 0.600. The summed E-state index contributed by atoms with van der Waals surface area (Å²) in [6, 6.07) is 4.25. The van der Waals surface area contributed by atoms with Crippen molar-refractivity contribution in [3.63, 3.8) is 0 Å². The average molecular weight is 379 g/mol. The first-order valence-electron chi connectivity index (χ1n) is 6.90. The van der Waals surface area contributed by atoms with Crippen LogP contribution in [0.25, 0.3) is 0 Å². The fourth-order valence-electron chi connectivity index (χ4n) is 2.32. The number of anilines is 1. The van der Waals surface area contributed by atoms with Crippen LogP contribution in [0.4, 0.5) is 5.69 Å². The van der Waals surface area contributed by atoms with Crippen molar-refractivity contribution in [1.29, 1.82) is 0 Å². The molecule has 0 spiro atoms. The highest BCUT2D eigenvalue weighted by Crippen LogP contribution is 2.41. The molecule has 1 aliphatic heterocycles. The monoisotopic (exact) mass is 377 g/mol. The van der Waals surface area contributed by atoms with E-state index in [1.807, 2.05) is 30.8 Å². The van der Waals surface area contributed by atoms with E-state index >= 15 is 0 Å². The zero-order valence-electron chi connectivity index (χ0n) is 12.1. The summed E-state index contributed by atoms with van der Waals surface area (Å²) in [5, 5.41) is 4.36. The predicted molar refractivity (Wildman–Crippen MR) is 93.5 cm³/mol. The van der Waals surface area contributed by atoms with Gasteiger partial charge in [0.15, 0.2) is 5.75 Å². The van der Waals surface area contributed by atoms with Gasteiger partial charge in [0.05, 0.1) is 16.8 Å². The predicted octanol–water partition coefficient (Wildman–Crippen LogP) is 5.44. The molecule has 1 unspecified atom stereocenters. The van der Waals surface area contributed by atoms with Gasteiger partial charge in [0.25, 0.3) is 0 Å². The summed E-state index contributed by atoms with van der Waals surface area (Å²) in [5.41, 5.74) is 1.26. The Morgan fingerprint density at radius 1 is 1.50 bits per heavy atom. The summed E-state index contributed by atoms with van der Waals surface area (Å²) < 4.78 is 6.66. The van der Waals surface area contributed by atoms with Crippen molar-refractivity contribution in [2.24, 2.45) is 5.41 Å². The minimum Gasteiger partial charge on any atom is -0.491 e. The van der Waals surface area contributed by atoms with Gasteiger partial charge < -0.3 is 10.1 Å². The Balaban J connectivity index is 2.27. The van der Waals surface area contributed by atoms with Crippen molar-refractivity contribution in [2.45, 2.75) is 33.2 Å². The zero-order valence-corrected chi connectivity index (χ0v) is 15.3. The number of hydrogen-bond donors (Lipinski definition) is 1. The number of ether oxygens (including phenoxy) is 1. The Hall–Kier alpha value is -0.0600. The maximum atomic E-state index is 6.18. The molecule has 20 heavy (non-hydrogen) atoms. The molecule has 1 aromatic rings. The highest BCUT2D eigenvalue weighted by molar-refractivity contribution is 9.10. The topological polar surface area (TPSA) is 21.3 Å². The lowest BCUT2D eigenvalue weighted by molar-refractivity contribution is 0.302. The average Bonchev–Trinajstić information content (AvgIpc) is 2.36. The Bertz CT molecular complexity index is 481. The van der Waals surface area contributed by atoms with Crippen molar-refractivity contribution in [2.75, 3.05) is 23.4 Å². The van der Waals surface area contributed by atoms with Crippen molar-refractivity contribution >= 4 is 45.0 Å². The van der Waals surface area contributed by atoms with E-state index in [0.717, 1.165) is 21.7 Å². The molecule has 0 saturated carbocycles. The first-order valence-corrected chi connectivity index (χ1v) is 9.22. The van der Waals surface area contributed by atoms with Crippen molar-refractivity contribution in [3.8, 4) is 5.75 Å². The maximum Gasteiger partial charge on any atom is 0.156 e. The van der Waals surface area contributed by atoms with Gasteiger partial charge in [-0.3, -0.25) is 0 Å². The smallest absolute Gasteiger partial charge is 0.156 e. The second-order valence-corrected chi connectivity index (χ2v) is 8.15. The summed E-state index contributed by atoms with van der Waals surface area (Å²) in [6.07, 6.45) is 1.22. The first kappa shape index (κ1) is 16.3. The number of halogens is 2. The van der Waals surface area contributed by atoms with Gasteiger partial charge in [-0.1, -0.05) is 25.4 Å². The van der Waals surface area contributed by atoms with Gasteiger partial charge in [0.1, 0.15) is 0 Å². The largest absolute Gasteiger partial charge is 0.491 e.